The summed E-state index contributed by atoms with van der Waals surface area (Å²) in [5, 5.41) is 14.6. The lowest BCUT2D eigenvalue weighted by molar-refractivity contribution is -0.384. The summed E-state index contributed by atoms with van der Waals surface area (Å²) in [5.41, 5.74) is 1.78. The summed E-state index contributed by atoms with van der Waals surface area (Å²) in [6.45, 7) is 7.65. The smallest absolute Gasteiger partial charge is 0.361 e. The fraction of sp³-hybridized carbons (Fsp3) is 0.242. The molecule has 6 rings (SSSR count). The number of hydrogen-bond acceptors (Lipinski definition) is 8. The Morgan fingerprint density at radius 1 is 0.814 bits per heavy atom. The van der Waals surface area contributed by atoms with Crippen molar-refractivity contribution in [3.05, 3.63) is 81.3 Å². The van der Waals surface area contributed by atoms with Crippen LogP contribution >= 0.6 is 0 Å². The molecule has 0 aliphatic carbocycles. The second-order valence-corrected chi connectivity index (χ2v) is 10.8. The van der Waals surface area contributed by atoms with Gasteiger partial charge in [0.05, 0.1) is 36.9 Å². The number of benzene rings is 3. The second-order valence-electron chi connectivity index (χ2n) is 10.8. The molecule has 10 nitrogen and oxygen atoms in total. The molecule has 0 aliphatic heterocycles. The van der Waals surface area contributed by atoms with Gasteiger partial charge in [0.15, 0.2) is 23.0 Å². The van der Waals surface area contributed by atoms with Crippen LogP contribution in [-0.4, -0.2) is 35.8 Å². The van der Waals surface area contributed by atoms with E-state index in [9.17, 15) is 14.9 Å². The molecule has 0 saturated carbocycles. The van der Waals surface area contributed by atoms with Gasteiger partial charge in [0.2, 0.25) is 0 Å². The van der Waals surface area contributed by atoms with Crippen LogP contribution in [0.15, 0.2) is 70.0 Å². The standard InChI is InChI=1S/C33H30N2O8/c1-17(2)41-27-13-19-10-11-34-31(22(19)14-25(27)39-5)29(20-8-7-9-21(12-20)35(37)38)30-23-15-26(40-6)28(42-18(3)4)16-24(23)43-33(36)32(30)34/h7-18H,1-6H3. The largest absolute Gasteiger partial charge is 0.493 e. The van der Waals surface area contributed by atoms with Crippen LogP contribution in [0.25, 0.3) is 49.3 Å². The highest BCUT2D eigenvalue weighted by Gasteiger charge is 2.25. The molecule has 0 saturated heterocycles. The zero-order valence-electron chi connectivity index (χ0n) is 24.6. The Bertz CT molecular complexity index is 2120. The maximum atomic E-state index is 13.7. The Labute approximate surface area is 246 Å². The first-order chi connectivity index (χ1) is 20.6. The third-order valence-electron chi connectivity index (χ3n) is 7.20. The van der Waals surface area contributed by atoms with E-state index >= 15 is 0 Å². The number of rotatable bonds is 8. The summed E-state index contributed by atoms with van der Waals surface area (Å²) >= 11 is 0. The predicted molar refractivity (Wildman–Crippen MR) is 165 cm³/mol. The number of nitrogens with zero attached hydrogens (tertiary/aromatic N) is 2. The molecule has 3 aromatic heterocycles. The maximum Gasteiger partial charge on any atom is 0.361 e. The molecule has 0 N–H and O–H groups in total. The van der Waals surface area contributed by atoms with Crippen LogP contribution in [-0.2, 0) is 0 Å². The average Bonchev–Trinajstić information content (AvgIpc) is 3.32. The Morgan fingerprint density at radius 3 is 2.09 bits per heavy atom. The van der Waals surface area contributed by atoms with Gasteiger partial charge in [0.1, 0.15) is 11.1 Å². The van der Waals surface area contributed by atoms with E-state index in [1.54, 1.807) is 49.1 Å². The first-order valence-corrected chi connectivity index (χ1v) is 13.8. The van der Waals surface area contributed by atoms with E-state index < -0.39 is 10.5 Å². The molecule has 43 heavy (non-hydrogen) atoms. The predicted octanol–water partition coefficient (Wildman–Crippen LogP) is 7.52. The summed E-state index contributed by atoms with van der Waals surface area (Å²) < 4.78 is 31.0. The van der Waals surface area contributed by atoms with Crippen molar-refractivity contribution in [1.29, 1.82) is 0 Å². The van der Waals surface area contributed by atoms with Gasteiger partial charge in [-0.15, -0.1) is 0 Å². The monoisotopic (exact) mass is 582 g/mol. The van der Waals surface area contributed by atoms with Crippen molar-refractivity contribution in [2.24, 2.45) is 0 Å². The number of pyridine rings is 1. The van der Waals surface area contributed by atoms with Gasteiger partial charge in [-0.2, -0.15) is 0 Å². The average molecular weight is 583 g/mol. The van der Waals surface area contributed by atoms with Gasteiger partial charge in [-0.05, 0) is 62.9 Å². The Balaban J connectivity index is 1.84. The van der Waals surface area contributed by atoms with Crippen molar-refractivity contribution in [1.82, 2.24) is 4.40 Å². The molecule has 0 aliphatic rings. The fourth-order valence-corrected chi connectivity index (χ4v) is 5.58. The van der Waals surface area contributed by atoms with Gasteiger partial charge < -0.3 is 27.8 Å². The van der Waals surface area contributed by atoms with E-state index in [2.05, 4.69) is 0 Å². The highest BCUT2D eigenvalue weighted by molar-refractivity contribution is 6.22. The SMILES string of the molecule is COc1cc2c(ccn3c2c(-c2cccc([N+](=O)[O-])c2)c2c4cc(OC)c(OC(C)C)cc4oc(=O)c23)cc1OC(C)C. The molecule has 0 bridgehead atoms. The highest BCUT2D eigenvalue weighted by atomic mass is 16.6. The number of non-ortho nitro benzene ring substituents is 1. The summed E-state index contributed by atoms with van der Waals surface area (Å²) in [6.07, 6.45) is 1.56. The molecule has 0 unspecified atom stereocenters. The summed E-state index contributed by atoms with van der Waals surface area (Å²) in [5.74, 6) is 1.98. The van der Waals surface area contributed by atoms with Gasteiger partial charge in [-0.1, -0.05) is 12.1 Å². The minimum absolute atomic E-state index is 0.0760. The van der Waals surface area contributed by atoms with E-state index in [-0.39, 0.29) is 23.4 Å². The minimum atomic E-state index is -0.569. The zero-order valence-corrected chi connectivity index (χ0v) is 24.6. The van der Waals surface area contributed by atoms with E-state index in [1.165, 1.54) is 12.1 Å². The van der Waals surface area contributed by atoms with Crippen LogP contribution in [0.4, 0.5) is 5.69 Å². The first kappa shape index (κ1) is 27.9. The molecular formula is C33H30N2O8. The van der Waals surface area contributed by atoms with Gasteiger partial charge in [0.25, 0.3) is 5.69 Å². The van der Waals surface area contributed by atoms with Crippen LogP contribution in [0.5, 0.6) is 23.0 Å². The first-order valence-electron chi connectivity index (χ1n) is 13.8. The number of nitro groups is 1. The summed E-state index contributed by atoms with van der Waals surface area (Å²) in [6, 6.07) is 15.4. The zero-order chi connectivity index (χ0) is 30.6. The van der Waals surface area contributed by atoms with Gasteiger partial charge in [-0.25, -0.2) is 4.79 Å². The molecule has 0 radical (unpaired) electrons. The van der Waals surface area contributed by atoms with Crippen LogP contribution in [0.1, 0.15) is 27.7 Å². The summed E-state index contributed by atoms with van der Waals surface area (Å²) in [4.78, 5) is 25.1. The van der Waals surface area contributed by atoms with E-state index in [4.69, 9.17) is 23.4 Å². The molecule has 0 atom stereocenters. The molecular weight excluding hydrogens is 552 g/mol. The molecule has 3 heterocycles. The number of nitro benzene ring substituents is 1. The number of aromatic nitrogens is 1. The number of fused-ring (bicyclic) bond motifs is 7. The minimum Gasteiger partial charge on any atom is -0.493 e. The molecule has 6 aromatic rings. The second kappa shape index (κ2) is 10.5. The van der Waals surface area contributed by atoms with E-state index in [0.29, 0.717) is 56.0 Å². The van der Waals surface area contributed by atoms with Crippen molar-refractivity contribution in [3.63, 3.8) is 0 Å². The Hall–Kier alpha value is -5.25. The van der Waals surface area contributed by atoms with Gasteiger partial charge in [0, 0.05) is 46.1 Å². The molecule has 220 valence electrons. The molecule has 3 aromatic carbocycles. The van der Waals surface area contributed by atoms with Crippen molar-refractivity contribution in [2.75, 3.05) is 14.2 Å². The Kier molecular flexibility index (Phi) is 6.84. The summed E-state index contributed by atoms with van der Waals surface area (Å²) in [7, 11) is 3.11. The normalized spacial score (nSPS) is 11.7. The topological polar surface area (TPSA) is 115 Å². The number of ether oxygens (including phenoxy) is 4. The third kappa shape index (κ3) is 4.64. The van der Waals surface area contributed by atoms with E-state index in [0.717, 1.165) is 10.8 Å². The lowest BCUT2D eigenvalue weighted by Crippen LogP contribution is -2.07. The quantitative estimate of drug-likeness (QED) is 0.103. The highest BCUT2D eigenvalue weighted by Crippen LogP contribution is 2.45. The lowest BCUT2D eigenvalue weighted by Gasteiger charge is -2.15. The van der Waals surface area contributed by atoms with Crippen LogP contribution in [0.2, 0.25) is 0 Å². The lowest BCUT2D eigenvalue weighted by atomic mass is 9.98. The molecule has 10 heteroatoms. The molecule has 0 spiro atoms. The number of hydrogen-bond donors (Lipinski definition) is 0. The van der Waals surface area contributed by atoms with Crippen LogP contribution < -0.4 is 24.6 Å². The molecule has 0 fully saturated rings. The van der Waals surface area contributed by atoms with Crippen molar-refractivity contribution >= 4 is 43.8 Å². The van der Waals surface area contributed by atoms with Gasteiger partial charge in [-0.3, -0.25) is 10.1 Å². The van der Waals surface area contributed by atoms with Crippen molar-refractivity contribution in [3.8, 4) is 34.1 Å². The molecule has 0 amide bonds. The van der Waals surface area contributed by atoms with E-state index in [1.807, 2.05) is 45.9 Å². The Morgan fingerprint density at radius 2 is 1.47 bits per heavy atom. The van der Waals surface area contributed by atoms with Crippen LogP contribution in [0.3, 0.4) is 0 Å². The van der Waals surface area contributed by atoms with Gasteiger partial charge >= 0.3 is 5.63 Å². The van der Waals surface area contributed by atoms with Crippen LogP contribution in [0, 0.1) is 10.1 Å². The van der Waals surface area contributed by atoms with Crippen molar-refractivity contribution < 1.29 is 28.3 Å². The fourth-order valence-electron chi connectivity index (χ4n) is 5.58. The number of methoxy groups -OCH3 is 2. The maximum absolute atomic E-state index is 13.7. The van der Waals surface area contributed by atoms with Crippen molar-refractivity contribution in [2.45, 2.75) is 39.9 Å². The third-order valence-corrected chi connectivity index (χ3v) is 7.20.